The van der Waals surface area contributed by atoms with Crippen LogP contribution in [0.4, 0.5) is 8.78 Å². The highest BCUT2D eigenvalue weighted by Gasteiger charge is 2.29. The maximum atomic E-state index is 14.9. The van der Waals surface area contributed by atoms with Crippen molar-refractivity contribution in [3.05, 3.63) is 76.9 Å². The Morgan fingerprint density at radius 2 is 1.84 bits per heavy atom. The van der Waals surface area contributed by atoms with Crippen LogP contribution < -0.4 is 14.2 Å². The summed E-state index contributed by atoms with van der Waals surface area (Å²) in [5.74, 6) is -1.00. The van der Waals surface area contributed by atoms with Crippen LogP contribution >= 0.6 is 0 Å². The summed E-state index contributed by atoms with van der Waals surface area (Å²) in [6.45, 7) is 3.63. The first-order valence-corrected chi connectivity index (χ1v) is 12.5. The molecule has 0 aliphatic carbocycles. The summed E-state index contributed by atoms with van der Waals surface area (Å²) < 4.78 is 46.8. The van der Waals surface area contributed by atoms with E-state index in [0.717, 1.165) is 47.2 Å². The SMILES string of the molecule is Cc1c(COc2cc(F)c(CN3CCCC[C@H]3C(=O)O)cc2F)cccc1-c1ccc2c(c1)OCCO2. The molecule has 3 aromatic carbocycles. The fourth-order valence-corrected chi connectivity index (χ4v) is 5.00. The smallest absolute Gasteiger partial charge is 0.320 e. The predicted octanol–water partition coefficient (Wildman–Crippen LogP) is 5.73. The van der Waals surface area contributed by atoms with Gasteiger partial charge in [0.1, 0.15) is 31.7 Å². The van der Waals surface area contributed by atoms with E-state index in [1.807, 2.05) is 43.3 Å². The van der Waals surface area contributed by atoms with E-state index in [-0.39, 0.29) is 24.5 Å². The number of carboxylic acid groups (broad SMARTS) is 1. The average Bonchev–Trinajstić information content (AvgIpc) is 2.90. The van der Waals surface area contributed by atoms with Crippen LogP contribution in [0.25, 0.3) is 11.1 Å². The lowest BCUT2D eigenvalue weighted by molar-refractivity contribution is -0.144. The molecule has 2 aliphatic rings. The first-order chi connectivity index (χ1) is 17.9. The van der Waals surface area contributed by atoms with Gasteiger partial charge in [-0.05, 0) is 66.8 Å². The number of ether oxygens (including phenoxy) is 3. The Bertz CT molecular complexity index is 1310. The van der Waals surface area contributed by atoms with Crippen LogP contribution in [0.1, 0.15) is 36.0 Å². The number of hydrogen-bond donors (Lipinski definition) is 1. The van der Waals surface area contributed by atoms with Gasteiger partial charge in [-0.2, -0.15) is 0 Å². The van der Waals surface area contributed by atoms with Gasteiger partial charge in [0.2, 0.25) is 0 Å². The highest BCUT2D eigenvalue weighted by Crippen LogP contribution is 2.36. The standard InChI is InChI=1S/C29H29F2NO5/c1-18-20(5-4-6-22(18)19-8-9-26-28(14-19)36-12-11-35-26)17-37-27-15-23(30)21(13-24(27)31)16-32-10-3-2-7-25(32)29(33)34/h4-6,8-9,13-15,25H,2-3,7,10-12,16-17H2,1H3,(H,33,34)/t25-/m0/s1. The van der Waals surface area contributed by atoms with E-state index in [4.69, 9.17) is 14.2 Å². The predicted molar refractivity (Wildman–Crippen MR) is 134 cm³/mol. The number of halogens is 2. The quantitative estimate of drug-likeness (QED) is 0.439. The lowest BCUT2D eigenvalue weighted by Crippen LogP contribution is -2.44. The lowest BCUT2D eigenvalue weighted by atomic mass is 9.96. The molecule has 2 aliphatic heterocycles. The monoisotopic (exact) mass is 509 g/mol. The molecule has 194 valence electrons. The minimum atomic E-state index is -0.936. The second kappa shape index (κ2) is 10.8. The molecule has 0 bridgehead atoms. The summed E-state index contributed by atoms with van der Waals surface area (Å²) >= 11 is 0. The zero-order valence-corrected chi connectivity index (χ0v) is 20.6. The van der Waals surface area contributed by atoms with Crippen LogP contribution in [-0.4, -0.2) is 41.8 Å². The number of rotatable bonds is 7. The van der Waals surface area contributed by atoms with Crippen molar-refractivity contribution in [3.8, 4) is 28.4 Å². The lowest BCUT2D eigenvalue weighted by Gasteiger charge is -2.32. The fourth-order valence-electron chi connectivity index (χ4n) is 5.00. The molecule has 0 unspecified atom stereocenters. The van der Waals surface area contributed by atoms with Crippen molar-refractivity contribution in [1.82, 2.24) is 4.90 Å². The Kier molecular flexibility index (Phi) is 7.28. The van der Waals surface area contributed by atoms with Crippen molar-refractivity contribution in [2.45, 2.75) is 45.4 Å². The molecule has 37 heavy (non-hydrogen) atoms. The fraction of sp³-hybridized carbons (Fsp3) is 0.345. The molecule has 2 heterocycles. The van der Waals surface area contributed by atoms with Crippen LogP contribution in [0.3, 0.4) is 0 Å². The molecule has 0 amide bonds. The molecule has 1 N–H and O–H groups in total. The summed E-state index contributed by atoms with van der Waals surface area (Å²) in [7, 11) is 0. The number of nitrogens with zero attached hydrogens (tertiary/aromatic N) is 1. The van der Waals surface area contributed by atoms with Crippen LogP contribution in [-0.2, 0) is 17.9 Å². The second-order valence-electron chi connectivity index (χ2n) is 9.43. The van der Waals surface area contributed by atoms with Crippen LogP contribution in [0.2, 0.25) is 0 Å². The number of hydrogen-bond acceptors (Lipinski definition) is 5. The van der Waals surface area contributed by atoms with Gasteiger partial charge in [0.05, 0.1) is 0 Å². The molecule has 0 saturated carbocycles. The molecule has 8 heteroatoms. The van der Waals surface area contributed by atoms with Crippen LogP contribution in [0.5, 0.6) is 17.2 Å². The molecule has 0 radical (unpaired) electrons. The van der Waals surface area contributed by atoms with Gasteiger partial charge in [-0.25, -0.2) is 8.78 Å². The highest BCUT2D eigenvalue weighted by molar-refractivity contribution is 5.73. The molecule has 0 spiro atoms. The van der Waals surface area contributed by atoms with Crippen molar-refractivity contribution >= 4 is 5.97 Å². The molecule has 0 aromatic heterocycles. The third kappa shape index (κ3) is 5.39. The normalized spacial score (nSPS) is 17.4. The van der Waals surface area contributed by atoms with Crippen molar-refractivity contribution in [3.63, 3.8) is 0 Å². The number of likely N-dealkylation sites (tertiary alicyclic amines) is 1. The molecule has 1 saturated heterocycles. The van der Waals surface area contributed by atoms with Crippen molar-refractivity contribution in [2.75, 3.05) is 19.8 Å². The van der Waals surface area contributed by atoms with Crippen molar-refractivity contribution in [2.24, 2.45) is 0 Å². The van der Waals surface area contributed by atoms with Gasteiger partial charge in [-0.1, -0.05) is 30.7 Å². The number of carboxylic acids is 1. The first-order valence-electron chi connectivity index (χ1n) is 12.5. The first kappa shape index (κ1) is 25.0. The molecule has 1 fully saturated rings. The molecule has 6 nitrogen and oxygen atoms in total. The average molecular weight is 510 g/mol. The zero-order valence-electron chi connectivity index (χ0n) is 20.6. The Morgan fingerprint density at radius 3 is 2.65 bits per heavy atom. The number of carbonyl (C=O) groups is 1. The Labute approximate surface area is 214 Å². The van der Waals surface area contributed by atoms with E-state index < -0.39 is 23.6 Å². The Hall–Kier alpha value is -3.65. The van der Waals surface area contributed by atoms with E-state index in [0.29, 0.717) is 37.7 Å². The van der Waals surface area contributed by atoms with Gasteiger partial charge in [0.25, 0.3) is 0 Å². The van der Waals surface area contributed by atoms with Gasteiger partial charge in [-0.3, -0.25) is 9.69 Å². The van der Waals surface area contributed by atoms with Crippen molar-refractivity contribution in [1.29, 1.82) is 0 Å². The summed E-state index contributed by atoms with van der Waals surface area (Å²) in [6.07, 6.45) is 2.15. The number of piperidine rings is 1. The van der Waals surface area contributed by atoms with Gasteiger partial charge < -0.3 is 19.3 Å². The van der Waals surface area contributed by atoms with E-state index in [9.17, 15) is 18.7 Å². The van der Waals surface area contributed by atoms with Gasteiger partial charge in [0.15, 0.2) is 23.1 Å². The van der Waals surface area contributed by atoms with Crippen LogP contribution in [0, 0.1) is 18.6 Å². The molecule has 3 aromatic rings. The number of fused-ring (bicyclic) bond motifs is 1. The van der Waals surface area contributed by atoms with E-state index in [1.54, 1.807) is 4.90 Å². The Morgan fingerprint density at radius 1 is 1.03 bits per heavy atom. The van der Waals surface area contributed by atoms with E-state index in [1.165, 1.54) is 0 Å². The number of aliphatic carboxylic acids is 1. The second-order valence-corrected chi connectivity index (χ2v) is 9.43. The summed E-state index contributed by atoms with van der Waals surface area (Å²) in [6, 6.07) is 13.0. The minimum absolute atomic E-state index is 0.0384. The third-order valence-corrected chi connectivity index (χ3v) is 7.06. The van der Waals surface area contributed by atoms with Gasteiger partial charge in [0, 0.05) is 18.2 Å². The van der Waals surface area contributed by atoms with Gasteiger partial charge >= 0.3 is 5.97 Å². The minimum Gasteiger partial charge on any atom is -0.486 e. The maximum Gasteiger partial charge on any atom is 0.320 e. The topological polar surface area (TPSA) is 68.2 Å². The molecular weight excluding hydrogens is 480 g/mol. The highest BCUT2D eigenvalue weighted by atomic mass is 19.1. The summed E-state index contributed by atoms with van der Waals surface area (Å²) in [5.41, 5.74) is 3.86. The molecule has 1 atom stereocenters. The summed E-state index contributed by atoms with van der Waals surface area (Å²) in [5, 5.41) is 9.46. The van der Waals surface area contributed by atoms with Crippen LogP contribution in [0.15, 0.2) is 48.5 Å². The third-order valence-electron chi connectivity index (χ3n) is 7.06. The Balaban J connectivity index is 1.31. The molecule has 5 rings (SSSR count). The van der Waals surface area contributed by atoms with E-state index in [2.05, 4.69) is 0 Å². The summed E-state index contributed by atoms with van der Waals surface area (Å²) in [4.78, 5) is 13.2. The number of benzene rings is 3. The largest absolute Gasteiger partial charge is 0.486 e. The van der Waals surface area contributed by atoms with Gasteiger partial charge in [-0.15, -0.1) is 0 Å². The maximum absolute atomic E-state index is 14.9. The van der Waals surface area contributed by atoms with E-state index >= 15 is 0 Å². The van der Waals surface area contributed by atoms with Crippen molar-refractivity contribution < 1.29 is 32.9 Å². The molecular formula is C29H29F2NO5. The zero-order chi connectivity index (χ0) is 25.9.